The number of urea groups is 1. The summed E-state index contributed by atoms with van der Waals surface area (Å²) in [6, 6.07) is 3.81. The number of carbonyl (C=O) groups excluding carboxylic acids is 1. The molecule has 7 heteroatoms. The quantitative estimate of drug-likeness (QED) is 0.849. The minimum Gasteiger partial charge on any atom is -0.379 e. The molecule has 2 amide bonds. The summed E-state index contributed by atoms with van der Waals surface area (Å²) in [6.45, 7) is 11.5. The molecule has 1 aliphatic rings. The monoisotopic (exact) mass is 359 g/mol. The maximum Gasteiger partial charge on any atom is 0.317 e. The van der Waals surface area contributed by atoms with Gasteiger partial charge in [-0.15, -0.1) is 11.3 Å². The Morgan fingerprint density at radius 2 is 2.13 bits per heavy atom. The summed E-state index contributed by atoms with van der Waals surface area (Å²) in [5.41, 5.74) is -0.0783. The molecule has 1 aromatic rings. The fourth-order valence-corrected chi connectivity index (χ4v) is 3.74. The first-order chi connectivity index (χ1) is 10.9. The average Bonchev–Trinajstić information content (AvgIpc) is 2.96. The molecule has 0 saturated carbocycles. The van der Waals surface area contributed by atoms with Crippen LogP contribution in [0.2, 0.25) is 4.34 Å². The van der Waals surface area contributed by atoms with E-state index in [-0.39, 0.29) is 11.6 Å². The van der Waals surface area contributed by atoms with Crippen molar-refractivity contribution < 1.29 is 9.53 Å². The number of hydrogen-bond acceptors (Lipinski definition) is 4. The number of morpholine rings is 1. The number of thiophene rings is 1. The average molecular weight is 360 g/mol. The molecule has 0 spiro atoms. The maximum absolute atomic E-state index is 12.5. The predicted molar refractivity (Wildman–Crippen MR) is 95.3 cm³/mol. The second-order valence-corrected chi connectivity index (χ2v) is 8.09. The number of halogens is 1. The van der Waals surface area contributed by atoms with E-state index in [0.29, 0.717) is 19.6 Å². The Bertz CT molecular complexity index is 515. The van der Waals surface area contributed by atoms with Gasteiger partial charge in [-0.25, -0.2) is 4.79 Å². The lowest BCUT2D eigenvalue weighted by atomic mass is 10.0. The molecule has 1 fully saturated rings. The van der Waals surface area contributed by atoms with Crippen LogP contribution in [-0.4, -0.2) is 60.8 Å². The largest absolute Gasteiger partial charge is 0.379 e. The summed E-state index contributed by atoms with van der Waals surface area (Å²) in [4.78, 5) is 17.7. The Labute approximate surface area is 147 Å². The molecule has 2 rings (SSSR count). The van der Waals surface area contributed by atoms with E-state index in [1.165, 1.54) is 11.3 Å². The van der Waals surface area contributed by atoms with Gasteiger partial charge in [-0.1, -0.05) is 11.6 Å². The molecule has 5 nitrogen and oxygen atoms in total. The van der Waals surface area contributed by atoms with Crippen molar-refractivity contribution in [2.45, 2.75) is 32.9 Å². The Kier molecular flexibility index (Phi) is 6.71. The maximum atomic E-state index is 12.5. The smallest absolute Gasteiger partial charge is 0.317 e. The van der Waals surface area contributed by atoms with Crippen molar-refractivity contribution in [3.8, 4) is 0 Å². The van der Waals surface area contributed by atoms with E-state index in [9.17, 15) is 4.79 Å². The van der Waals surface area contributed by atoms with Crippen LogP contribution in [0.25, 0.3) is 0 Å². The summed E-state index contributed by atoms with van der Waals surface area (Å²) in [6.07, 6.45) is 0. The lowest BCUT2D eigenvalue weighted by Gasteiger charge is -2.41. The summed E-state index contributed by atoms with van der Waals surface area (Å²) in [5, 5.41) is 3.07. The van der Waals surface area contributed by atoms with Gasteiger partial charge in [0.05, 0.1) is 24.1 Å². The van der Waals surface area contributed by atoms with Crippen LogP contribution in [0, 0.1) is 0 Å². The van der Waals surface area contributed by atoms with Crippen LogP contribution in [0.15, 0.2) is 12.1 Å². The Balaban J connectivity index is 1.86. The second kappa shape index (κ2) is 8.33. The molecule has 1 aliphatic heterocycles. The highest BCUT2D eigenvalue weighted by Gasteiger charge is 2.29. The van der Waals surface area contributed by atoms with Gasteiger partial charge in [0.2, 0.25) is 0 Å². The van der Waals surface area contributed by atoms with Crippen LogP contribution in [-0.2, 0) is 11.3 Å². The number of nitrogens with zero attached hydrogens (tertiary/aromatic N) is 2. The molecular weight excluding hydrogens is 334 g/mol. The van der Waals surface area contributed by atoms with E-state index < -0.39 is 0 Å². The van der Waals surface area contributed by atoms with Gasteiger partial charge in [0, 0.05) is 36.6 Å². The van der Waals surface area contributed by atoms with Gasteiger partial charge >= 0.3 is 6.03 Å². The molecule has 0 atom stereocenters. The van der Waals surface area contributed by atoms with Crippen LogP contribution in [0.5, 0.6) is 0 Å². The van der Waals surface area contributed by atoms with Gasteiger partial charge in [-0.3, -0.25) is 4.90 Å². The fraction of sp³-hybridized carbons (Fsp3) is 0.688. The molecule has 1 saturated heterocycles. The molecule has 0 unspecified atom stereocenters. The summed E-state index contributed by atoms with van der Waals surface area (Å²) >= 11 is 7.47. The third-order valence-corrected chi connectivity index (χ3v) is 5.40. The van der Waals surface area contributed by atoms with Crippen molar-refractivity contribution in [3.63, 3.8) is 0 Å². The first-order valence-electron chi connectivity index (χ1n) is 8.02. The van der Waals surface area contributed by atoms with Crippen molar-refractivity contribution in [1.82, 2.24) is 15.1 Å². The molecule has 0 aromatic carbocycles. The molecular formula is C16H26ClN3O2S. The van der Waals surface area contributed by atoms with E-state index in [2.05, 4.69) is 24.1 Å². The summed E-state index contributed by atoms with van der Waals surface area (Å²) in [5.74, 6) is 0. The van der Waals surface area contributed by atoms with Crippen molar-refractivity contribution >= 4 is 29.0 Å². The van der Waals surface area contributed by atoms with Gasteiger partial charge in [-0.2, -0.15) is 0 Å². The Morgan fingerprint density at radius 1 is 1.43 bits per heavy atom. The molecule has 130 valence electrons. The van der Waals surface area contributed by atoms with Gasteiger partial charge in [0.15, 0.2) is 0 Å². The van der Waals surface area contributed by atoms with E-state index in [4.69, 9.17) is 16.3 Å². The van der Waals surface area contributed by atoms with Gasteiger partial charge < -0.3 is 15.0 Å². The molecule has 23 heavy (non-hydrogen) atoms. The summed E-state index contributed by atoms with van der Waals surface area (Å²) in [7, 11) is 0. The fourth-order valence-electron chi connectivity index (χ4n) is 2.64. The van der Waals surface area contributed by atoms with Gasteiger partial charge in [0.1, 0.15) is 0 Å². The number of nitrogens with one attached hydrogen (secondary N) is 1. The Hall–Kier alpha value is -0.820. The predicted octanol–water partition coefficient (Wildman–Crippen LogP) is 3.04. The van der Waals surface area contributed by atoms with Gasteiger partial charge in [-0.05, 0) is 32.9 Å². The number of ether oxygens (including phenoxy) is 1. The van der Waals surface area contributed by atoms with Crippen LogP contribution < -0.4 is 5.32 Å². The SMILES string of the molecule is CCN(Cc1ccc(Cl)s1)C(=O)NCC(C)(C)N1CCOCC1. The van der Waals surface area contributed by atoms with Crippen LogP contribution in [0.1, 0.15) is 25.6 Å². The lowest BCUT2D eigenvalue weighted by molar-refractivity contribution is -0.00905. The van der Waals surface area contributed by atoms with Crippen LogP contribution in [0.4, 0.5) is 4.79 Å². The third-order valence-electron chi connectivity index (χ3n) is 4.18. The van der Waals surface area contributed by atoms with E-state index in [0.717, 1.165) is 35.5 Å². The van der Waals surface area contributed by atoms with Crippen LogP contribution >= 0.6 is 22.9 Å². The standard InChI is InChI=1S/C16H26ClN3O2S/c1-4-19(11-13-5-6-14(17)23-13)15(21)18-12-16(2,3)20-7-9-22-10-8-20/h5-6H,4,7-12H2,1-3H3,(H,18,21). The van der Waals surface area contributed by atoms with E-state index in [1.807, 2.05) is 19.1 Å². The molecule has 1 aromatic heterocycles. The molecule has 0 bridgehead atoms. The van der Waals surface area contributed by atoms with Gasteiger partial charge in [0.25, 0.3) is 0 Å². The molecule has 1 N–H and O–H groups in total. The highest BCUT2D eigenvalue weighted by molar-refractivity contribution is 7.16. The highest BCUT2D eigenvalue weighted by atomic mass is 35.5. The zero-order valence-electron chi connectivity index (χ0n) is 14.1. The Morgan fingerprint density at radius 3 is 2.70 bits per heavy atom. The molecule has 2 heterocycles. The first-order valence-corrected chi connectivity index (χ1v) is 9.21. The zero-order chi connectivity index (χ0) is 16.9. The number of rotatable bonds is 6. The number of amides is 2. The second-order valence-electron chi connectivity index (χ2n) is 6.29. The molecule has 0 aliphatic carbocycles. The third kappa shape index (κ3) is 5.35. The van der Waals surface area contributed by atoms with Crippen molar-refractivity contribution in [2.75, 3.05) is 39.4 Å². The van der Waals surface area contributed by atoms with Crippen molar-refractivity contribution in [3.05, 3.63) is 21.3 Å². The summed E-state index contributed by atoms with van der Waals surface area (Å²) < 4.78 is 6.15. The number of carbonyl (C=O) groups is 1. The normalized spacial score (nSPS) is 16.3. The van der Waals surface area contributed by atoms with E-state index >= 15 is 0 Å². The first kappa shape index (κ1) is 18.5. The van der Waals surface area contributed by atoms with E-state index in [1.54, 1.807) is 4.90 Å². The lowest BCUT2D eigenvalue weighted by Crippen LogP contribution is -2.56. The molecule has 0 radical (unpaired) electrons. The minimum absolute atomic E-state index is 0.0293. The highest BCUT2D eigenvalue weighted by Crippen LogP contribution is 2.22. The number of hydrogen-bond donors (Lipinski definition) is 1. The van der Waals surface area contributed by atoms with Crippen molar-refractivity contribution in [2.24, 2.45) is 0 Å². The minimum atomic E-state index is -0.0783. The van der Waals surface area contributed by atoms with Crippen LogP contribution in [0.3, 0.4) is 0 Å². The zero-order valence-corrected chi connectivity index (χ0v) is 15.7. The topological polar surface area (TPSA) is 44.8 Å². The van der Waals surface area contributed by atoms with Crippen molar-refractivity contribution in [1.29, 1.82) is 0 Å².